The molecule has 124 valence electrons. The van der Waals surface area contributed by atoms with Crippen molar-refractivity contribution in [1.29, 1.82) is 0 Å². The maximum atomic E-state index is 12.7. The van der Waals surface area contributed by atoms with E-state index in [9.17, 15) is 14.4 Å². The molecule has 0 spiro atoms. The van der Waals surface area contributed by atoms with Gasteiger partial charge in [0.15, 0.2) is 0 Å². The Morgan fingerprint density at radius 1 is 1.38 bits per heavy atom. The molecule has 0 saturated carbocycles. The Bertz CT molecular complexity index is 943. The van der Waals surface area contributed by atoms with Gasteiger partial charge in [-0.25, -0.2) is 4.98 Å². The normalized spacial score (nSPS) is 10.7. The van der Waals surface area contributed by atoms with E-state index < -0.39 is 11.9 Å². The first-order valence-electron chi connectivity index (χ1n) is 6.94. The van der Waals surface area contributed by atoms with Gasteiger partial charge in [-0.05, 0) is 11.4 Å². The van der Waals surface area contributed by atoms with Gasteiger partial charge in [-0.3, -0.25) is 19.0 Å². The van der Waals surface area contributed by atoms with Crippen molar-refractivity contribution in [2.24, 2.45) is 0 Å². The van der Waals surface area contributed by atoms with E-state index in [1.807, 2.05) is 22.9 Å². The molecule has 0 fully saturated rings. The molecule has 0 aliphatic rings. The monoisotopic (exact) mass is 363 g/mol. The molecule has 24 heavy (non-hydrogen) atoms. The fourth-order valence-electron chi connectivity index (χ4n) is 2.15. The van der Waals surface area contributed by atoms with Crippen LogP contribution in [0.25, 0.3) is 20.7 Å². The van der Waals surface area contributed by atoms with Crippen molar-refractivity contribution in [3.63, 3.8) is 0 Å². The zero-order chi connectivity index (χ0) is 17.1. The summed E-state index contributed by atoms with van der Waals surface area (Å²) in [6, 6.07) is 3.85. The van der Waals surface area contributed by atoms with E-state index in [1.165, 1.54) is 40.7 Å². The molecule has 1 N–H and O–H groups in total. The van der Waals surface area contributed by atoms with E-state index >= 15 is 0 Å². The van der Waals surface area contributed by atoms with Crippen molar-refractivity contribution in [3.8, 4) is 10.4 Å². The fraction of sp³-hybridized carbons (Fsp3) is 0.200. The standard InChI is InChI=1S/C15H13N3O4S2/c1-22-12(20)5-16-11(19)6-18-8-17-14-13(15(18)21)9(7-24-14)10-3-2-4-23-10/h2-4,7-8H,5-6H2,1H3,(H,16,19). The molecule has 0 radical (unpaired) electrons. The summed E-state index contributed by atoms with van der Waals surface area (Å²) in [6.07, 6.45) is 1.34. The van der Waals surface area contributed by atoms with Crippen LogP contribution in [0.4, 0.5) is 0 Å². The lowest BCUT2D eigenvalue weighted by molar-refractivity contribution is -0.141. The van der Waals surface area contributed by atoms with Crippen molar-refractivity contribution in [1.82, 2.24) is 14.9 Å². The zero-order valence-electron chi connectivity index (χ0n) is 12.6. The van der Waals surface area contributed by atoms with Crippen LogP contribution in [0.5, 0.6) is 0 Å². The van der Waals surface area contributed by atoms with Crippen LogP contribution in [0.15, 0.2) is 34.0 Å². The predicted molar refractivity (Wildman–Crippen MR) is 92.2 cm³/mol. The molecule has 0 aliphatic heterocycles. The number of amides is 1. The number of nitrogens with zero attached hydrogens (tertiary/aromatic N) is 2. The second-order valence-corrected chi connectivity index (χ2v) is 6.64. The highest BCUT2D eigenvalue weighted by Gasteiger charge is 2.15. The largest absolute Gasteiger partial charge is 0.468 e. The Labute approximate surface area is 144 Å². The number of hydrogen-bond acceptors (Lipinski definition) is 7. The van der Waals surface area contributed by atoms with Gasteiger partial charge < -0.3 is 10.1 Å². The van der Waals surface area contributed by atoms with Crippen LogP contribution in [0.1, 0.15) is 0 Å². The van der Waals surface area contributed by atoms with E-state index in [-0.39, 0.29) is 18.6 Å². The Morgan fingerprint density at radius 3 is 2.92 bits per heavy atom. The third-order valence-corrected chi connectivity index (χ3v) is 5.11. The zero-order valence-corrected chi connectivity index (χ0v) is 14.3. The van der Waals surface area contributed by atoms with Gasteiger partial charge in [0, 0.05) is 15.8 Å². The number of carbonyl (C=O) groups is 2. The summed E-state index contributed by atoms with van der Waals surface area (Å²) >= 11 is 2.93. The number of nitrogens with one attached hydrogen (secondary N) is 1. The van der Waals surface area contributed by atoms with E-state index in [1.54, 1.807) is 0 Å². The Morgan fingerprint density at radius 2 is 2.21 bits per heavy atom. The highest BCUT2D eigenvalue weighted by atomic mass is 32.1. The predicted octanol–water partition coefficient (Wildman–Crippen LogP) is 1.48. The van der Waals surface area contributed by atoms with E-state index in [2.05, 4.69) is 15.0 Å². The molecule has 0 unspecified atom stereocenters. The molecular weight excluding hydrogens is 350 g/mol. The lowest BCUT2D eigenvalue weighted by Gasteiger charge is -2.06. The number of fused-ring (bicyclic) bond motifs is 1. The van der Waals surface area contributed by atoms with Crippen LogP contribution in [0.2, 0.25) is 0 Å². The second-order valence-electron chi connectivity index (χ2n) is 4.84. The average molecular weight is 363 g/mol. The van der Waals surface area contributed by atoms with Gasteiger partial charge in [0.2, 0.25) is 5.91 Å². The van der Waals surface area contributed by atoms with Gasteiger partial charge in [-0.2, -0.15) is 0 Å². The molecule has 0 atom stereocenters. The molecule has 7 nitrogen and oxygen atoms in total. The van der Waals surface area contributed by atoms with Gasteiger partial charge in [0.05, 0.1) is 18.8 Å². The Balaban J connectivity index is 1.89. The summed E-state index contributed by atoms with van der Waals surface area (Å²) in [5.41, 5.74) is 0.546. The highest BCUT2D eigenvalue weighted by molar-refractivity contribution is 7.18. The second kappa shape index (κ2) is 6.93. The minimum Gasteiger partial charge on any atom is -0.468 e. The molecule has 0 bridgehead atoms. The minimum absolute atomic E-state index is 0.210. The Hall–Kier alpha value is -2.52. The van der Waals surface area contributed by atoms with Gasteiger partial charge in [0.25, 0.3) is 5.56 Å². The number of thiophene rings is 2. The molecule has 1 amide bonds. The highest BCUT2D eigenvalue weighted by Crippen LogP contribution is 2.33. The van der Waals surface area contributed by atoms with Crippen molar-refractivity contribution in [3.05, 3.63) is 39.6 Å². The van der Waals surface area contributed by atoms with Crippen molar-refractivity contribution in [2.75, 3.05) is 13.7 Å². The van der Waals surface area contributed by atoms with Gasteiger partial charge in [0.1, 0.15) is 17.9 Å². The number of aromatic nitrogens is 2. The number of ether oxygens (including phenoxy) is 1. The van der Waals surface area contributed by atoms with Crippen LogP contribution >= 0.6 is 22.7 Å². The first kappa shape index (κ1) is 16.3. The lowest BCUT2D eigenvalue weighted by atomic mass is 10.2. The molecule has 0 aromatic carbocycles. The molecule has 0 aliphatic carbocycles. The summed E-state index contributed by atoms with van der Waals surface area (Å²) in [5.74, 6) is -1.02. The maximum Gasteiger partial charge on any atom is 0.325 e. The van der Waals surface area contributed by atoms with Crippen LogP contribution in [-0.2, 0) is 20.9 Å². The quantitative estimate of drug-likeness (QED) is 0.694. The number of carbonyl (C=O) groups excluding carboxylic acids is 2. The van der Waals surface area contributed by atoms with Gasteiger partial charge >= 0.3 is 5.97 Å². The molecule has 3 rings (SSSR count). The maximum absolute atomic E-state index is 12.7. The number of hydrogen-bond donors (Lipinski definition) is 1. The SMILES string of the molecule is COC(=O)CNC(=O)Cn1cnc2scc(-c3cccs3)c2c1=O. The topological polar surface area (TPSA) is 90.3 Å². The van der Waals surface area contributed by atoms with Crippen LogP contribution in [0, 0.1) is 0 Å². The summed E-state index contributed by atoms with van der Waals surface area (Å²) in [6.45, 7) is -0.447. The van der Waals surface area contributed by atoms with Crippen LogP contribution in [-0.4, -0.2) is 35.1 Å². The third-order valence-electron chi connectivity index (χ3n) is 3.32. The number of esters is 1. The smallest absolute Gasteiger partial charge is 0.325 e. The van der Waals surface area contributed by atoms with Crippen LogP contribution < -0.4 is 10.9 Å². The van der Waals surface area contributed by atoms with Gasteiger partial charge in [-0.15, -0.1) is 22.7 Å². The minimum atomic E-state index is -0.554. The van der Waals surface area contributed by atoms with E-state index in [0.717, 1.165) is 10.4 Å². The summed E-state index contributed by atoms with van der Waals surface area (Å²) < 4.78 is 5.68. The summed E-state index contributed by atoms with van der Waals surface area (Å²) in [4.78, 5) is 41.5. The fourth-order valence-corrected chi connectivity index (χ4v) is 3.87. The summed E-state index contributed by atoms with van der Waals surface area (Å²) in [5, 5.41) is 6.74. The van der Waals surface area contributed by atoms with E-state index in [0.29, 0.717) is 10.2 Å². The first-order chi connectivity index (χ1) is 11.6. The average Bonchev–Trinajstić information content (AvgIpc) is 3.24. The molecule has 3 aromatic heterocycles. The van der Waals surface area contributed by atoms with Gasteiger partial charge in [-0.1, -0.05) is 6.07 Å². The Kier molecular flexibility index (Phi) is 4.72. The molecule has 0 saturated heterocycles. The molecular formula is C15H13N3O4S2. The lowest BCUT2D eigenvalue weighted by Crippen LogP contribution is -2.35. The van der Waals surface area contributed by atoms with Crippen LogP contribution in [0.3, 0.4) is 0 Å². The number of rotatable bonds is 5. The summed E-state index contributed by atoms with van der Waals surface area (Å²) in [7, 11) is 1.24. The van der Waals surface area contributed by atoms with Crippen molar-refractivity contribution < 1.29 is 14.3 Å². The molecule has 3 aromatic rings. The number of methoxy groups -OCH3 is 1. The molecule has 9 heteroatoms. The third kappa shape index (κ3) is 3.22. The van der Waals surface area contributed by atoms with E-state index in [4.69, 9.17) is 0 Å². The first-order valence-corrected chi connectivity index (χ1v) is 8.70. The van der Waals surface area contributed by atoms with Crippen molar-refractivity contribution in [2.45, 2.75) is 6.54 Å². The molecule has 3 heterocycles. The van der Waals surface area contributed by atoms with Crippen molar-refractivity contribution >= 4 is 44.8 Å².